The zero-order valence-electron chi connectivity index (χ0n) is 8.07. The molecule has 2 N–H and O–H groups in total. The van der Waals surface area contributed by atoms with Gasteiger partial charge in [0.2, 0.25) is 15.9 Å². The Morgan fingerprint density at radius 3 is 2.50 bits per heavy atom. The quantitative estimate of drug-likeness (QED) is 0.576. The van der Waals surface area contributed by atoms with Crippen LogP contribution in [0.4, 0.5) is 0 Å². The first kappa shape index (κ1) is 12.9. The molecule has 0 aliphatic rings. The molecule has 1 atom stereocenters. The lowest BCUT2D eigenvalue weighted by molar-refractivity contribution is -0.118. The van der Waals surface area contributed by atoms with E-state index in [1.807, 2.05) is 0 Å². The molecule has 0 heterocycles. The predicted octanol–water partition coefficient (Wildman–Crippen LogP) is -1.05. The van der Waals surface area contributed by atoms with Gasteiger partial charge in [-0.25, -0.2) is 13.1 Å². The second-order valence-corrected chi connectivity index (χ2v) is 4.78. The number of nitriles is 1. The third-order valence-electron chi connectivity index (χ3n) is 1.45. The van der Waals surface area contributed by atoms with E-state index in [0.29, 0.717) is 0 Å². The van der Waals surface area contributed by atoms with Crippen molar-refractivity contribution in [1.29, 1.82) is 5.26 Å². The average Bonchev–Trinajstić information content (AvgIpc) is 2.10. The minimum absolute atomic E-state index is 0.0912. The zero-order chi connectivity index (χ0) is 11.2. The van der Waals surface area contributed by atoms with Crippen molar-refractivity contribution in [3.8, 4) is 6.07 Å². The fourth-order valence-corrected chi connectivity index (χ4v) is 1.40. The Morgan fingerprint density at radius 2 is 2.07 bits per heavy atom. The number of nitrogens with one attached hydrogen (secondary N) is 2. The van der Waals surface area contributed by atoms with E-state index in [4.69, 9.17) is 5.26 Å². The molecule has 14 heavy (non-hydrogen) atoms. The number of carbonyl (C=O) groups is 1. The smallest absolute Gasteiger partial charge is 0.227 e. The van der Waals surface area contributed by atoms with E-state index < -0.39 is 15.3 Å². The van der Waals surface area contributed by atoms with E-state index in [-0.39, 0.29) is 19.0 Å². The molecule has 1 amide bonds. The first-order chi connectivity index (χ1) is 6.40. The van der Waals surface area contributed by atoms with Crippen LogP contribution in [0.1, 0.15) is 13.8 Å². The van der Waals surface area contributed by atoms with Crippen molar-refractivity contribution in [2.45, 2.75) is 19.1 Å². The molecular formula is C7H13N3O3S. The molecular weight excluding hydrogens is 206 g/mol. The Labute approximate surface area is 83.3 Å². The van der Waals surface area contributed by atoms with Crippen LogP contribution in [0, 0.1) is 11.3 Å². The molecule has 0 rings (SSSR count). The van der Waals surface area contributed by atoms with Crippen molar-refractivity contribution in [2.24, 2.45) is 0 Å². The summed E-state index contributed by atoms with van der Waals surface area (Å²) in [5.41, 5.74) is 0. The van der Waals surface area contributed by atoms with Crippen LogP contribution in [-0.2, 0) is 14.8 Å². The summed E-state index contributed by atoms with van der Waals surface area (Å²) in [5, 5.41) is 9.72. The molecule has 0 aromatic rings. The Bertz CT molecular complexity index is 331. The van der Waals surface area contributed by atoms with Gasteiger partial charge in [0.25, 0.3) is 0 Å². The van der Waals surface area contributed by atoms with E-state index in [1.54, 1.807) is 6.07 Å². The molecule has 0 bridgehead atoms. The number of sulfonamides is 1. The summed E-state index contributed by atoms with van der Waals surface area (Å²) in [6, 6.07) is 1.62. The van der Waals surface area contributed by atoms with Crippen LogP contribution in [0.15, 0.2) is 0 Å². The summed E-state index contributed by atoms with van der Waals surface area (Å²) < 4.78 is 24.5. The lowest BCUT2D eigenvalue weighted by Crippen LogP contribution is -2.37. The molecule has 0 aliphatic heterocycles. The molecule has 80 valence electrons. The van der Waals surface area contributed by atoms with Gasteiger partial charge >= 0.3 is 0 Å². The molecule has 0 aromatic heterocycles. The normalized spacial score (nSPS) is 12.9. The fourth-order valence-electron chi connectivity index (χ4n) is 0.626. The maximum absolute atomic E-state index is 11.2. The first-order valence-corrected chi connectivity index (χ1v) is 5.57. The maximum Gasteiger partial charge on any atom is 0.227 e. The van der Waals surface area contributed by atoms with Gasteiger partial charge < -0.3 is 5.32 Å². The van der Waals surface area contributed by atoms with Gasteiger partial charge in [-0.05, 0) is 6.92 Å². The number of rotatable bonds is 5. The number of hydrogen-bond donors (Lipinski definition) is 2. The molecule has 0 radical (unpaired) electrons. The Morgan fingerprint density at radius 1 is 1.50 bits per heavy atom. The molecule has 0 saturated heterocycles. The van der Waals surface area contributed by atoms with Crippen LogP contribution in [0.2, 0.25) is 0 Å². The van der Waals surface area contributed by atoms with Crippen molar-refractivity contribution < 1.29 is 13.2 Å². The van der Waals surface area contributed by atoms with Crippen molar-refractivity contribution in [3.05, 3.63) is 0 Å². The van der Waals surface area contributed by atoms with Crippen molar-refractivity contribution in [3.63, 3.8) is 0 Å². The van der Waals surface area contributed by atoms with Gasteiger partial charge in [0.15, 0.2) is 5.25 Å². The first-order valence-electron chi connectivity index (χ1n) is 4.02. The summed E-state index contributed by atoms with van der Waals surface area (Å²) in [4.78, 5) is 10.4. The highest BCUT2D eigenvalue weighted by Gasteiger charge is 2.18. The van der Waals surface area contributed by atoms with Gasteiger partial charge in [-0.3, -0.25) is 4.79 Å². The summed E-state index contributed by atoms with van der Waals surface area (Å²) in [6.07, 6.45) is 0. The van der Waals surface area contributed by atoms with Crippen LogP contribution in [0.3, 0.4) is 0 Å². The maximum atomic E-state index is 11.2. The SMILES string of the molecule is CC(=O)NCCNS(=O)(=O)C(C)C#N. The van der Waals surface area contributed by atoms with Crippen LogP contribution in [-0.4, -0.2) is 32.7 Å². The zero-order valence-corrected chi connectivity index (χ0v) is 8.89. The van der Waals surface area contributed by atoms with Crippen LogP contribution in [0.5, 0.6) is 0 Å². The van der Waals surface area contributed by atoms with Gasteiger partial charge in [0, 0.05) is 20.0 Å². The van der Waals surface area contributed by atoms with E-state index in [2.05, 4.69) is 10.0 Å². The van der Waals surface area contributed by atoms with E-state index in [9.17, 15) is 13.2 Å². The largest absolute Gasteiger partial charge is 0.355 e. The van der Waals surface area contributed by atoms with E-state index >= 15 is 0 Å². The third-order valence-corrected chi connectivity index (χ3v) is 3.09. The summed E-state index contributed by atoms with van der Waals surface area (Å²) in [5.74, 6) is -0.225. The van der Waals surface area contributed by atoms with Gasteiger partial charge in [-0.15, -0.1) is 0 Å². The molecule has 1 unspecified atom stereocenters. The predicted molar refractivity (Wildman–Crippen MR) is 50.7 cm³/mol. The van der Waals surface area contributed by atoms with Crippen LogP contribution >= 0.6 is 0 Å². The topological polar surface area (TPSA) is 99.1 Å². The lowest BCUT2D eigenvalue weighted by atomic mass is 10.5. The highest BCUT2D eigenvalue weighted by molar-refractivity contribution is 7.90. The minimum Gasteiger partial charge on any atom is -0.355 e. The molecule has 0 spiro atoms. The second kappa shape index (κ2) is 5.57. The van der Waals surface area contributed by atoms with E-state index in [0.717, 1.165) is 0 Å². The summed E-state index contributed by atoms with van der Waals surface area (Å²) in [7, 11) is -3.57. The van der Waals surface area contributed by atoms with Gasteiger partial charge in [-0.2, -0.15) is 5.26 Å². The van der Waals surface area contributed by atoms with Crippen molar-refractivity contribution in [1.82, 2.24) is 10.0 Å². The molecule has 0 fully saturated rings. The molecule has 0 aliphatic carbocycles. The molecule has 0 saturated carbocycles. The fraction of sp³-hybridized carbons (Fsp3) is 0.714. The molecule has 0 aromatic carbocycles. The van der Waals surface area contributed by atoms with E-state index in [1.165, 1.54) is 13.8 Å². The second-order valence-electron chi connectivity index (χ2n) is 2.69. The van der Waals surface area contributed by atoms with Crippen LogP contribution < -0.4 is 10.0 Å². The Balaban J connectivity index is 3.91. The Kier molecular flexibility index (Phi) is 5.12. The molecule has 7 heteroatoms. The lowest BCUT2D eigenvalue weighted by Gasteiger charge is -2.07. The number of nitrogens with zero attached hydrogens (tertiary/aromatic N) is 1. The Hall–Kier alpha value is -1.13. The van der Waals surface area contributed by atoms with Crippen molar-refractivity contribution in [2.75, 3.05) is 13.1 Å². The summed E-state index contributed by atoms with van der Waals surface area (Å²) >= 11 is 0. The van der Waals surface area contributed by atoms with Crippen LogP contribution in [0.25, 0.3) is 0 Å². The third kappa shape index (κ3) is 4.79. The monoisotopic (exact) mass is 219 g/mol. The summed E-state index contributed by atoms with van der Waals surface area (Å²) in [6.45, 7) is 2.94. The number of amides is 1. The average molecular weight is 219 g/mol. The highest BCUT2D eigenvalue weighted by atomic mass is 32.2. The van der Waals surface area contributed by atoms with Gasteiger partial charge in [0.05, 0.1) is 6.07 Å². The highest BCUT2D eigenvalue weighted by Crippen LogP contribution is 1.94. The van der Waals surface area contributed by atoms with Gasteiger partial charge in [-0.1, -0.05) is 0 Å². The molecule has 6 nitrogen and oxygen atoms in total. The number of hydrogen-bond acceptors (Lipinski definition) is 4. The standard InChI is InChI=1S/C7H13N3O3S/c1-6(5-8)14(12,13)10-4-3-9-7(2)11/h6,10H,3-4H2,1-2H3,(H,9,11). The minimum atomic E-state index is -3.57. The van der Waals surface area contributed by atoms with Gasteiger partial charge in [0.1, 0.15) is 0 Å². The van der Waals surface area contributed by atoms with Crippen molar-refractivity contribution >= 4 is 15.9 Å². The number of carbonyl (C=O) groups excluding carboxylic acids is 1.